The summed E-state index contributed by atoms with van der Waals surface area (Å²) in [5.74, 6) is 0. The Morgan fingerprint density at radius 3 is 1.24 bits per heavy atom. The average Bonchev–Trinajstić information content (AvgIpc) is 3.21. The summed E-state index contributed by atoms with van der Waals surface area (Å²) in [6.45, 7) is 33.1. The van der Waals surface area contributed by atoms with Crippen molar-refractivity contribution in [2.24, 2.45) is 0 Å². The van der Waals surface area contributed by atoms with Gasteiger partial charge in [-0.15, -0.1) is 11.1 Å². The molecule has 194 valence electrons. The smallest absolute Gasteiger partial charge is 0.305 e. The van der Waals surface area contributed by atoms with Gasteiger partial charge in [0.15, 0.2) is 0 Å². The molecule has 0 saturated carbocycles. The van der Waals surface area contributed by atoms with E-state index >= 15 is 0 Å². The molecule has 0 bridgehead atoms. The van der Waals surface area contributed by atoms with Crippen LogP contribution in [-0.4, -0.2) is 81.7 Å². The quantitative estimate of drug-likeness (QED) is 0.362. The Balaban J connectivity index is 2.43. The third-order valence-electron chi connectivity index (χ3n) is 7.74. The van der Waals surface area contributed by atoms with E-state index in [9.17, 15) is 0 Å². The van der Waals surface area contributed by atoms with Crippen molar-refractivity contribution in [3.8, 4) is 0 Å². The standard InChI is InChI=1S/C27H51ClN4Si2/c1-24(2,3)29-18-19-30(25(4,5)6)33(29,22-23-16-14-13-15-17-23)34(28)31(26(7,8)9)20-21-32(34)27(10,11)12/h13-17H,18-22H2,1-12H3. The van der Waals surface area contributed by atoms with Crippen molar-refractivity contribution in [2.75, 3.05) is 26.2 Å². The zero-order valence-electron chi connectivity index (χ0n) is 24.1. The number of nitrogens with zero attached hydrogens (tertiary/aromatic N) is 4. The second kappa shape index (κ2) is 8.96. The fourth-order valence-electron chi connectivity index (χ4n) is 6.66. The van der Waals surface area contributed by atoms with E-state index in [0.29, 0.717) is 0 Å². The van der Waals surface area contributed by atoms with Gasteiger partial charge in [-0.25, -0.2) is 0 Å². The maximum Gasteiger partial charge on any atom is 0.326 e. The molecular weight excluding hydrogens is 472 g/mol. The van der Waals surface area contributed by atoms with Gasteiger partial charge in [0, 0.05) is 48.3 Å². The molecule has 2 saturated heterocycles. The van der Waals surface area contributed by atoms with E-state index in [-0.39, 0.29) is 22.2 Å². The molecule has 2 heterocycles. The maximum absolute atomic E-state index is 8.56. The number of halogens is 1. The fraction of sp³-hybridized carbons (Fsp3) is 0.778. The lowest BCUT2D eigenvalue weighted by molar-refractivity contribution is 0.230. The maximum atomic E-state index is 8.56. The second-order valence-electron chi connectivity index (χ2n) is 14.4. The van der Waals surface area contributed by atoms with Gasteiger partial charge < -0.3 is 9.13 Å². The summed E-state index contributed by atoms with van der Waals surface area (Å²) in [5, 5.41) is 0. The summed E-state index contributed by atoms with van der Waals surface area (Å²) in [6.07, 6.45) is 0. The molecule has 34 heavy (non-hydrogen) atoms. The Labute approximate surface area is 217 Å². The number of hydrogen-bond donors (Lipinski definition) is 0. The van der Waals surface area contributed by atoms with Crippen molar-refractivity contribution in [3.63, 3.8) is 0 Å². The van der Waals surface area contributed by atoms with Gasteiger partial charge in [-0.2, -0.15) is 0 Å². The molecule has 3 rings (SSSR count). The molecule has 0 radical (unpaired) electrons. The summed E-state index contributed by atoms with van der Waals surface area (Å²) in [5.41, 5.74) is 1.56. The summed E-state index contributed by atoms with van der Waals surface area (Å²) >= 11 is 8.56. The molecule has 0 amide bonds. The van der Waals surface area contributed by atoms with E-state index in [4.69, 9.17) is 11.1 Å². The minimum absolute atomic E-state index is 0.0142. The van der Waals surface area contributed by atoms with Crippen LogP contribution in [0, 0.1) is 0 Å². The minimum Gasteiger partial charge on any atom is -0.305 e. The Bertz CT molecular complexity index is 805. The average molecular weight is 523 g/mol. The Morgan fingerprint density at radius 1 is 0.588 bits per heavy atom. The van der Waals surface area contributed by atoms with Crippen LogP contribution in [0.2, 0.25) is 0 Å². The molecule has 0 aliphatic carbocycles. The molecular formula is C27H51ClN4Si2. The first-order valence-electron chi connectivity index (χ1n) is 13.1. The van der Waals surface area contributed by atoms with Crippen molar-refractivity contribution >= 4 is 26.2 Å². The molecule has 0 aromatic heterocycles. The van der Waals surface area contributed by atoms with E-state index in [0.717, 1.165) is 32.2 Å². The zero-order chi connectivity index (χ0) is 26.0. The van der Waals surface area contributed by atoms with Crippen molar-refractivity contribution in [1.82, 2.24) is 18.3 Å². The molecule has 0 atom stereocenters. The zero-order valence-corrected chi connectivity index (χ0v) is 26.8. The van der Waals surface area contributed by atoms with Crippen LogP contribution in [0.25, 0.3) is 0 Å². The van der Waals surface area contributed by atoms with E-state index in [2.05, 4.69) is 132 Å². The van der Waals surface area contributed by atoms with Crippen LogP contribution in [-0.2, 0) is 6.04 Å². The van der Waals surface area contributed by atoms with E-state index < -0.39 is 15.1 Å². The molecule has 1 aromatic rings. The lowest BCUT2D eigenvalue weighted by Crippen LogP contribution is -2.89. The second-order valence-corrected chi connectivity index (χ2v) is 26.7. The van der Waals surface area contributed by atoms with Crippen LogP contribution in [0.15, 0.2) is 30.3 Å². The van der Waals surface area contributed by atoms with Gasteiger partial charge in [0.05, 0.1) is 0 Å². The molecule has 2 aliphatic heterocycles. The largest absolute Gasteiger partial charge is 0.326 e. The first-order chi connectivity index (χ1) is 15.3. The molecule has 0 unspecified atom stereocenters. The number of benzene rings is 1. The lowest BCUT2D eigenvalue weighted by Gasteiger charge is -2.62. The summed E-state index contributed by atoms with van der Waals surface area (Å²) in [7, 11) is -5.25. The highest BCUT2D eigenvalue weighted by molar-refractivity contribution is 7.56. The van der Waals surface area contributed by atoms with Gasteiger partial charge in [0.25, 0.3) is 7.91 Å². The highest BCUT2D eigenvalue weighted by Gasteiger charge is 2.76. The van der Waals surface area contributed by atoms with Crippen molar-refractivity contribution in [3.05, 3.63) is 35.9 Å². The summed E-state index contributed by atoms with van der Waals surface area (Å²) in [4.78, 5) is 0. The van der Waals surface area contributed by atoms with Crippen LogP contribution in [0.4, 0.5) is 0 Å². The third-order valence-corrected chi connectivity index (χ3v) is 27.2. The van der Waals surface area contributed by atoms with Crippen LogP contribution >= 0.6 is 11.1 Å². The van der Waals surface area contributed by atoms with Crippen molar-refractivity contribution in [2.45, 2.75) is 111 Å². The lowest BCUT2D eigenvalue weighted by atomic mass is 10.1. The van der Waals surface area contributed by atoms with E-state index in [1.165, 1.54) is 5.56 Å². The molecule has 2 fully saturated rings. The first-order valence-corrected chi connectivity index (χ1v) is 19.1. The van der Waals surface area contributed by atoms with Crippen LogP contribution in [0.1, 0.15) is 88.6 Å². The van der Waals surface area contributed by atoms with Crippen LogP contribution < -0.4 is 0 Å². The Hall–Kier alpha value is -0.216. The number of rotatable bonds is 3. The first kappa shape index (κ1) is 28.4. The molecule has 0 N–H and O–H groups in total. The Morgan fingerprint density at radius 2 is 0.912 bits per heavy atom. The van der Waals surface area contributed by atoms with E-state index in [1.807, 2.05) is 0 Å². The highest BCUT2D eigenvalue weighted by atomic mass is 35.6. The topological polar surface area (TPSA) is 13.0 Å². The predicted molar refractivity (Wildman–Crippen MR) is 153 cm³/mol. The normalized spacial score (nSPS) is 23.7. The third kappa shape index (κ3) is 4.73. The summed E-state index contributed by atoms with van der Waals surface area (Å²) in [6, 6.07) is 12.3. The van der Waals surface area contributed by atoms with E-state index in [1.54, 1.807) is 0 Å². The highest BCUT2D eigenvalue weighted by Crippen LogP contribution is 2.51. The SMILES string of the molecule is CC(C)(C)N1CCN(C(C)(C)C)[Si]1(Cl)[Si]1(Cc2ccccc2)N(C(C)(C)C)CCN1C(C)(C)C. The van der Waals surface area contributed by atoms with Gasteiger partial charge in [-0.05, 0) is 94.7 Å². The van der Waals surface area contributed by atoms with Gasteiger partial charge in [0.1, 0.15) is 0 Å². The van der Waals surface area contributed by atoms with Crippen LogP contribution in [0.5, 0.6) is 0 Å². The van der Waals surface area contributed by atoms with Crippen molar-refractivity contribution < 1.29 is 0 Å². The van der Waals surface area contributed by atoms with Crippen molar-refractivity contribution in [1.29, 1.82) is 0 Å². The molecule has 2 aliphatic rings. The fourth-order valence-corrected chi connectivity index (χ4v) is 31.7. The van der Waals surface area contributed by atoms with Gasteiger partial charge >= 0.3 is 7.22 Å². The number of hydrogen-bond acceptors (Lipinski definition) is 4. The van der Waals surface area contributed by atoms with Gasteiger partial charge in [-0.1, -0.05) is 30.3 Å². The van der Waals surface area contributed by atoms with Crippen LogP contribution in [0.3, 0.4) is 0 Å². The molecule has 0 spiro atoms. The molecule has 1 aromatic carbocycles. The van der Waals surface area contributed by atoms with Gasteiger partial charge in [0.2, 0.25) is 0 Å². The molecule has 7 heteroatoms. The monoisotopic (exact) mass is 522 g/mol. The Kier molecular flexibility index (Phi) is 7.48. The summed E-state index contributed by atoms with van der Waals surface area (Å²) < 4.78 is 11.5. The van der Waals surface area contributed by atoms with Gasteiger partial charge in [-0.3, -0.25) is 9.13 Å². The minimum atomic E-state index is -2.73. The molecule has 4 nitrogen and oxygen atoms in total. The predicted octanol–water partition coefficient (Wildman–Crippen LogP) is 5.90.